The largest absolute Gasteiger partial charge is 0.330 e. The van der Waals surface area contributed by atoms with Gasteiger partial charge in [0.1, 0.15) is 0 Å². The van der Waals surface area contributed by atoms with Gasteiger partial charge in [-0.2, -0.15) is 5.10 Å². The van der Waals surface area contributed by atoms with E-state index in [0.29, 0.717) is 5.92 Å². The Balaban J connectivity index is 2.59. The van der Waals surface area contributed by atoms with Crippen molar-refractivity contribution in [3.05, 3.63) is 18.0 Å². The molecule has 86 valence electrons. The van der Waals surface area contributed by atoms with E-state index in [4.69, 9.17) is 5.73 Å². The van der Waals surface area contributed by atoms with Crippen LogP contribution in [0, 0.1) is 11.3 Å². The Morgan fingerprint density at radius 3 is 2.60 bits per heavy atom. The monoisotopic (exact) mass is 209 g/mol. The van der Waals surface area contributed by atoms with Crippen molar-refractivity contribution in [1.82, 2.24) is 9.78 Å². The lowest BCUT2D eigenvalue weighted by molar-refractivity contribution is 0.209. The van der Waals surface area contributed by atoms with Gasteiger partial charge in [0.2, 0.25) is 0 Å². The van der Waals surface area contributed by atoms with Crippen LogP contribution in [0.5, 0.6) is 0 Å². The number of aryl methyl sites for hydroxylation is 2. The summed E-state index contributed by atoms with van der Waals surface area (Å²) < 4.78 is 1.94. The lowest BCUT2D eigenvalue weighted by atomic mass is 9.75. The minimum absolute atomic E-state index is 0.240. The van der Waals surface area contributed by atoms with Crippen LogP contribution in [-0.2, 0) is 13.5 Å². The fraction of sp³-hybridized carbons (Fsp3) is 0.750. The molecule has 1 unspecified atom stereocenters. The fourth-order valence-electron chi connectivity index (χ4n) is 1.69. The Morgan fingerprint density at radius 1 is 1.53 bits per heavy atom. The second-order valence-corrected chi connectivity index (χ2v) is 4.96. The molecule has 0 saturated carbocycles. The maximum atomic E-state index is 5.86. The van der Waals surface area contributed by atoms with Crippen LogP contribution >= 0.6 is 0 Å². The molecule has 0 aliphatic carbocycles. The predicted molar refractivity (Wildman–Crippen MR) is 63.5 cm³/mol. The first-order valence-electron chi connectivity index (χ1n) is 5.66. The van der Waals surface area contributed by atoms with Gasteiger partial charge in [-0.1, -0.05) is 20.8 Å². The highest BCUT2D eigenvalue weighted by Gasteiger charge is 2.26. The van der Waals surface area contributed by atoms with Gasteiger partial charge in [0, 0.05) is 18.9 Å². The standard InChI is InChI=1S/C12H23N3/c1-10(2)12(3,9-13)7-5-11-6-8-14-15(11)4/h6,8,10H,5,7,9,13H2,1-4H3. The van der Waals surface area contributed by atoms with Gasteiger partial charge >= 0.3 is 0 Å². The molecule has 0 spiro atoms. The maximum Gasteiger partial charge on any atom is 0.0492 e. The molecule has 0 fully saturated rings. The molecule has 3 heteroatoms. The summed E-state index contributed by atoms with van der Waals surface area (Å²) in [5, 5.41) is 4.17. The van der Waals surface area contributed by atoms with E-state index in [-0.39, 0.29) is 5.41 Å². The van der Waals surface area contributed by atoms with Crippen molar-refractivity contribution in [3.8, 4) is 0 Å². The first-order chi connectivity index (χ1) is 6.99. The second kappa shape index (κ2) is 4.79. The van der Waals surface area contributed by atoms with Crippen molar-refractivity contribution >= 4 is 0 Å². The Kier molecular flexibility index (Phi) is 3.91. The highest BCUT2D eigenvalue weighted by molar-refractivity contribution is 5.01. The first kappa shape index (κ1) is 12.2. The molecule has 15 heavy (non-hydrogen) atoms. The third kappa shape index (κ3) is 2.81. The van der Waals surface area contributed by atoms with Crippen LogP contribution in [0.4, 0.5) is 0 Å². The molecule has 0 amide bonds. The molecule has 1 atom stereocenters. The molecule has 1 rings (SSSR count). The van der Waals surface area contributed by atoms with Gasteiger partial charge in [0.05, 0.1) is 0 Å². The van der Waals surface area contributed by atoms with Gasteiger partial charge in [-0.05, 0) is 36.8 Å². The number of hydrogen-bond donors (Lipinski definition) is 1. The Morgan fingerprint density at radius 2 is 2.20 bits per heavy atom. The lowest BCUT2D eigenvalue weighted by Crippen LogP contribution is -2.33. The summed E-state index contributed by atoms with van der Waals surface area (Å²) in [6.45, 7) is 7.52. The summed E-state index contributed by atoms with van der Waals surface area (Å²) in [5.74, 6) is 0.621. The predicted octanol–water partition coefficient (Wildman–Crippen LogP) is 1.97. The molecule has 1 aromatic rings. The summed E-state index contributed by atoms with van der Waals surface area (Å²) in [5.41, 5.74) is 7.39. The van der Waals surface area contributed by atoms with Crippen molar-refractivity contribution in [3.63, 3.8) is 0 Å². The summed E-state index contributed by atoms with van der Waals surface area (Å²) in [6, 6.07) is 2.08. The minimum Gasteiger partial charge on any atom is -0.330 e. The average Bonchev–Trinajstić information content (AvgIpc) is 2.60. The summed E-state index contributed by atoms with van der Waals surface area (Å²) in [7, 11) is 1.99. The van der Waals surface area contributed by atoms with Gasteiger partial charge in [-0.25, -0.2) is 0 Å². The van der Waals surface area contributed by atoms with E-state index in [2.05, 4.69) is 31.9 Å². The SMILES string of the molecule is CC(C)C(C)(CN)CCc1ccnn1C. The Bertz CT molecular complexity index is 304. The molecule has 0 radical (unpaired) electrons. The average molecular weight is 209 g/mol. The van der Waals surface area contributed by atoms with E-state index < -0.39 is 0 Å². The number of nitrogens with two attached hydrogens (primary N) is 1. The van der Waals surface area contributed by atoms with Crippen LogP contribution in [0.3, 0.4) is 0 Å². The molecule has 0 saturated heterocycles. The molecule has 0 aliphatic rings. The minimum atomic E-state index is 0.240. The topological polar surface area (TPSA) is 43.8 Å². The van der Waals surface area contributed by atoms with Crippen LogP contribution in [0.25, 0.3) is 0 Å². The number of hydrogen-bond acceptors (Lipinski definition) is 2. The molecule has 1 heterocycles. The van der Waals surface area contributed by atoms with E-state index in [1.165, 1.54) is 5.69 Å². The van der Waals surface area contributed by atoms with Gasteiger partial charge in [-0.15, -0.1) is 0 Å². The van der Waals surface area contributed by atoms with E-state index in [9.17, 15) is 0 Å². The van der Waals surface area contributed by atoms with Gasteiger partial charge < -0.3 is 5.73 Å². The van der Waals surface area contributed by atoms with E-state index in [0.717, 1.165) is 19.4 Å². The normalized spacial score (nSPS) is 15.6. The molecule has 0 bridgehead atoms. The maximum absolute atomic E-state index is 5.86. The van der Waals surface area contributed by atoms with Crippen LogP contribution in [-0.4, -0.2) is 16.3 Å². The summed E-state index contributed by atoms with van der Waals surface area (Å²) in [6.07, 6.45) is 4.04. The van der Waals surface area contributed by atoms with Crippen LogP contribution in [0.2, 0.25) is 0 Å². The highest BCUT2D eigenvalue weighted by Crippen LogP contribution is 2.30. The zero-order valence-electron chi connectivity index (χ0n) is 10.3. The first-order valence-corrected chi connectivity index (χ1v) is 5.66. The smallest absolute Gasteiger partial charge is 0.0492 e. The Hall–Kier alpha value is -0.830. The van der Waals surface area contributed by atoms with Crippen LogP contribution in [0.1, 0.15) is 32.9 Å². The van der Waals surface area contributed by atoms with Crippen molar-refractivity contribution in [2.45, 2.75) is 33.6 Å². The van der Waals surface area contributed by atoms with Gasteiger partial charge in [-0.3, -0.25) is 4.68 Å². The van der Waals surface area contributed by atoms with E-state index in [1.807, 2.05) is 17.9 Å². The molecule has 3 nitrogen and oxygen atoms in total. The molecular formula is C12H23N3. The third-order valence-corrected chi connectivity index (χ3v) is 3.73. The third-order valence-electron chi connectivity index (χ3n) is 3.73. The second-order valence-electron chi connectivity index (χ2n) is 4.96. The summed E-state index contributed by atoms with van der Waals surface area (Å²) >= 11 is 0. The van der Waals surface area contributed by atoms with Crippen molar-refractivity contribution in [1.29, 1.82) is 0 Å². The lowest BCUT2D eigenvalue weighted by Gasteiger charge is -2.32. The quantitative estimate of drug-likeness (QED) is 0.805. The van der Waals surface area contributed by atoms with Gasteiger partial charge in [0.15, 0.2) is 0 Å². The van der Waals surface area contributed by atoms with Crippen molar-refractivity contribution in [2.24, 2.45) is 24.1 Å². The van der Waals surface area contributed by atoms with Crippen molar-refractivity contribution < 1.29 is 0 Å². The van der Waals surface area contributed by atoms with Crippen molar-refractivity contribution in [2.75, 3.05) is 6.54 Å². The molecule has 1 aromatic heterocycles. The van der Waals surface area contributed by atoms with Crippen LogP contribution in [0.15, 0.2) is 12.3 Å². The number of rotatable bonds is 5. The highest BCUT2D eigenvalue weighted by atomic mass is 15.2. The zero-order valence-corrected chi connectivity index (χ0v) is 10.3. The fourth-order valence-corrected chi connectivity index (χ4v) is 1.69. The summed E-state index contributed by atoms with van der Waals surface area (Å²) in [4.78, 5) is 0. The Labute approximate surface area is 92.7 Å². The number of aromatic nitrogens is 2. The van der Waals surface area contributed by atoms with Crippen LogP contribution < -0.4 is 5.73 Å². The van der Waals surface area contributed by atoms with E-state index in [1.54, 1.807) is 0 Å². The number of nitrogens with zero attached hydrogens (tertiary/aromatic N) is 2. The molecule has 0 aromatic carbocycles. The molecule has 0 aliphatic heterocycles. The van der Waals surface area contributed by atoms with Gasteiger partial charge in [0.25, 0.3) is 0 Å². The zero-order chi connectivity index (χ0) is 11.5. The van der Waals surface area contributed by atoms with E-state index >= 15 is 0 Å². The molecular weight excluding hydrogens is 186 g/mol. The molecule has 2 N–H and O–H groups in total.